The summed E-state index contributed by atoms with van der Waals surface area (Å²) in [5.74, 6) is 1.29. The summed E-state index contributed by atoms with van der Waals surface area (Å²) >= 11 is 0. The quantitative estimate of drug-likeness (QED) is 0.755. The van der Waals surface area contributed by atoms with Crippen LogP contribution in [-0.2, 0) is 0 Å². The highest BCUT2D eigenvalue weighted by Crippen LogP contribution is 2.29. The third-order valence-corrected chi connectivity index (χ3v) is 3.64. The fourth-order valence-corrected chi connectivity index (χ4v) is 2.67. The van der Waals surface area contributed by atoms with Gasteiger partial charge >= 0.3 is 0 Å². The fourth-order valence-electron chi connectivity index (χ4n) is 2.67. The van der Waals surface area contributed by atoms with E-state index in [1.165, 1.54) is 19.3 Å². The molecule has 5 nitrogen and oxygen atoms in total. The van der Waals surface area contributed by atoms with Gasteiger partial charge in [-0.15, -0.1) is 10.2 Å². The van der Waals surface area contributed by atoms with Gasteiger partial charge < -0.3 is 5.73 Å². The molecule has 17 heavy (non-hydrogen) atoms. The van der Waals surface area contributed by atoms with Crippen LogP contribution < -0.4 is 5.73 Å². The molecule has 2 aromatic heterocycles. The van der Waals surface area contributed by atoms with E-state index in [1.54, 1.807) is 12.5 Å². The van der Waals surface area contributed by atoms with Gasteiger partial charge in [-0.3, -0.25) is 4.40 Å². The molecule has 1 aliphatic carbocycles. The first-order chi connectivity index (χ1) is 8.36. The highest BCUT2D eigenvalue weighted by Gasteiger charge is 2.26. The van der Waals surface area contributed by atoms with Crippen molar-refractivity contribution in [2.45, 2.75) is 44.1 Å². The molecule has 1 saturated carbocycles. The summed E-state index contributed by atoms with van der Waals surface area (Å²) < 4.78 is 1.97. The average Bonchev–Trinajstić information content (AvgIpc) is 2.66. The zero-order valence-corrected chi connectivity index (χ0v) is 9.79. The van der Waals surface area contributed by atoms with Crippen LogP contribution >= 0.6 is 0 Å². The topological polar surface area (TPSA) is 69.1 Å². The Labute approximate surface area is 100 Å². The van der Waals surface area contributed by atoms with Gasteiger partial charge in [0.15, 0.2) is 5.65 Å². The summed E-state index contributed by atoms with van der Waals surface area (Å²) in [6.07, 6.45) is 9.44. The SMILES string of the molecule is NC1CCCCCC1c1nnc2ccncn12. The van der Waals surface area contributed by atoms with E-state index in [4.69, 9.17) is 5.73 Å². The molecule has 2 atom stereocenters. The molecule has 0 spiro atoms. The number of aromatic nitrogens is 4. The van der Waals surface area contributed by atoms with Crippen molar-refractivity contribution in [3.05, 3.63) is 24.4 Å². The first-order valence-corrected chi connectivity index (χ1v) is 6.26. The molecule has 0 amide bonds. The Morgan fingerprint density at radius 1 is 1.18 bits per heavy atom. The molecule has 2 N–H and O–H groups in total. The van der Waals surface area contributed by atoms with Crippen LogP contribution in [0, 0.1) is 0 Å². The maximum atomic E-state index is 6.26. The molecular formula is C12H17N5. The zero-order valence-electron chi connectivity index (χ0n) is 9.79. The van der Waals surface area contributed by atoms with Crippen molar-refractivity contribution in [1.82, 2.24) is 19.6 Å². The van der Waals surface area contributed by atoms with Crippen LogP contribution in [-0.4, -0.2) is 25.6 Å². The number of hydrogen-bond acceptors (Lipinski definition) is 4. The lowest BCUT2D eigenvalue weighted by Gasteiger charge is -2.19. The molecule has 0 radical (unpaired) electrons. The standard InChI is InChI=1S/C12H17N5/c13-10-5-3-1-2-4-9(10)12-16-15-11-6-7-14-8-17(11)12/h6-10H,1-5,13H2. The average molecular weight is 231 g/mol. The molecule has 0 saturated heterocycles. The smallest absolute Gasteiger partial charge is 0.163 e. The second-order valence-electron chi connectivity index (χ2n) is 4.78. The Morgan fingerprint density at radius 3 is 3.00 bits per heavy atom. The molecular weight excluding hydrogens is 214 g/mol. The number of nitrogens with zero attached hydrogens (tertiary/aromatic N) is 4. The number of rotatable bonds is 1. The van der Waals surface area contributed by atoms with Crippen LogP contribution in [0.4, 0.5) is 0 Å². The van der Waals surface area contributed by atoms with E-state index in [-0.39, 0.29) is 6.04 Å². The van der Waals surface area contributed by atoms with Gasteiger partial charge in [0.05, 0.1) is 0 Å². The van der Waals surface area contributed by atoms with Crippen molar-refractivity contribution < 1.29 is 0 Å². The van der Waals surface area contributed by atoms with Crippen molar-refractivity contribution in [3.8, 4) is 0 Å². The van der Waals surface area contributed by atoms with Crippen LogP contribution in [0.5, 0.6) is 0 Å². The molecule has 90 valence electrons. The molecule has 1 fully saturated rings. The summed E-state index contributed by atoms with van der Waals surface area (Å²) in [7, 11) is 0. The number of hydrogen-bond donors (Lipinski definition) is 1. The number of fused-ring (bicyclic) bond motifs is 1. The van der Waals surface area contributed by atoms with Crippen molar-refractivity contribution in [2.24, 2.45) is 5.73 Å². The van der Waals surface area contributed by atoms with E-state index in [1.807, 2.05) is 10.5 Å². The molecule has 2 heterocycles. The van der Waals surface area contributed by atoms with Gasteiger partial charge in [-0.1, -0.05) is 19.3 Å². The van der Waals surface area contributed by atoms with Crippen molar-refractivity contribution in [2.75, 3.05) is 0 Å². The Hall–Kier alpha value is -1.49. The summed E-state index contributed by atoms with van der Waals surface area (Å²) in [4.78, 5) is 4.13. The van der Waals surface area contributed by atoms with Crippen molar-refractivity contribution in [3.63, 3.8) is 0 Å². The second kappa shape index (κ2) is 4.41. The summed E-state index contributed by atoms with van der Waals surface area (Å²) in [6, 6.07) is 2.07. The van der Waals surface area contributed by atoms with E-state index < -0.39 is 0 Å². The summed E-state index contributed by atoms with van der Waals surface area (Å²) in [6.45, 7) is 0. The van der Waals surface area contributed by atoms with E-state index >= 15 is 0 Å². The van der Waals surface area contributed by atoms with E-state index in [2.05, 4.69) is 15.2 Å². The van der Waals surface area contributed by atoms with Gasteiger partial charge in [0, 0.05) is 24.2 Å². The third-order valence-electron chi connectivity index (χ3n) is 3.64. The Balaban J connectivity index is 2.01. The monoisotopic (exact) mass is 231 g/mol. The minimum Gasteiger partial charge on any atom is -0.327 e. The molecule has 0 bridgehead atoms. The Morgan fingerprint density at radius 2 is 2.06 bits per heavy atom. The molecule has 1 aliphatic rings. The summed E-state index contributed by atoms with van der Waals surface area (Å²) in [5.41, 5.74) is 7.11. The van der Waals surface area contributed by atoms with Crippen LogP contribution in [0.25, 0.3) is 5.65 Å². The van der Waals surface area contributed by atoms with Crippen molar-refractivity contribution >= 4 is 5.65 Å². The maximum absolute atomic E-state index is 6.26. The lowest BCUT2D eigenvalue weighted by molar-refractivity contribution is 0.480. The van der Waals surface area contributed by atoms with Crippen molar-refractivity contribution in [1.29, 1.82) is 0 Å². The van der Waals surface area contributed by atoms with Crippen LogP contribution in [0.15, 0.2) is 18.6 Å². The van der Waals surface area contributed by atoms with E-state index in [0.29, 0.717) is 5.92 Å². The molecule has 0 aromatic carbocycles. The van der Waals surface area contributed by atoms with E-state index in [9.17, 15) is 0 Å². The van der Waals surface area contributed by atoms with Gasteiger partial charge in [-0.2, -0.15) is 0 Å². The predicted molar refractivity (Wildman–Crippen MR) is 64.6 cm³/mol. The van der Waals surface area contributed by atoms with Gasteiger partial charge in [0.25, 0.3) is 0 Å². The van der Waals surface area contributed by atoms with Crippen LogP contribution in [0.1, 0.15) is 43.8 Å². The van der Waals surface area contributed by atoms with E-state index in [0.717, 1.165) is 24.3 Å². The highest BCUT2D eigenvalue weighted by atomic mass is 15.3. The molecule has 2 unspecified atom stereocenters. The van der Waals surface area contributed by atoms with Gasteiger partial charge in [-0.25, -0.2) is 4.98 Å². The third kappa shape index (κ3) is 1.91. The second-order valence-corrected chi connectivity index (χ2v) is 4.78. The normalized spacial score (nSPS) is 25.9. The Kier molecular flexibility index (Phi) is 2.76. The van der Waals surface area contributed by atoms with Gasteiger partial charge in [0.1, 0.15) is 12.2 Å². The predicted octanol–water partition coefficient (Wildman–Crippen LogP) is 1.50. The maximum Gasteiger partial charge on any atom is 0.163 e. The zero-order chi connectivity index (χ0) is 11.7. The summed E-state index contributed by atoms with van der Waals surface area (Å²) in [5, 5.41) is 8.48. The van der Waals surface area contributed by atoms with Gasteiger partial charge in [0.2, 0.25) is 0 Å². The van der Waals surface area contributed by atoms with Crippen LogP contribution in [0.3, 0.4) is 0 Å². The molecule has 2 aromatic rings. The fraction of sp³-hybridized carbons (Fsp3) is 0.583. The lowest BCUT2D eigenvalue weighted by atomic mass is 9.95. The lowest BCUT2D eigenvalue weighted by Crippen LogP contribution is -2.28. The highest BCUT2D eigenvalue weighted by molar-refractivity contribution is 5.36. The minimum absolute atomic E-state index is 0.199. The minimum atomic E-state index is 0.199. The molecule has 3 rings (SSSR count). The van der Waals surface area contributed by atoms with Gasteiger partial charge in [-0.05, 0) is 12.8 Å². The molecule has 0 aliphatic heterocycles. The number of nitrogens with two attached hydrogens (primary N) is 1. The largest absolute Gasteiger partial charge is 0.327 e. The molecule has 5 heteroatoms. The van der Waals surface area contributed by atoms with Crippen LogP contribution in [0.2, 0.25) is 0 Å². The Bertz CT molecular complexity index is 506. The first kappa shape index (κ1) is 10.7. The first-order valence-electron chi connectivity index (χ1n) is 6.26.